The number of aryl methyl sites for hydroxylation is 2. The van der Waals surface area contributed by atoms with Crippen molar-refractivity contribution >= 4 is 11.9 Å². The van der Waals surface area contributed by atoms with Crippen molar-refractivity contribution in [3.8, 4) is 0 Å². The van der Waals surface area contributed by atoms with E-state index in [1.807, 2.05) is 24.3 Å². The highest BCUT2D eigenvalue weighted by Gasteiger charge is 2.40. The molecule has 4 bridgehead atoms. The van der Waals surface area contributed by atoms with E-state index >= 15 is 0 Å². The molecule has 2 aromatic rings. The fraction of sp³-hybridized carbons (Fsp3) is 0.333. The molecule has 0 saturated heterocycles. The van der Waals surface area contributed by atoms with Gasteiger partial charge in [0.1, 0.15) is 0 Å². The van der Waals surface area contributed by atoms with E-state index in [2.05, 4.69) is 30.8 Å². The summed E-state index contributed by atoms with van der Waals surface area (Å²) in [6, 6.07) is 16.4. The van der Waals surface area contributed by atoms with Crippen LogP contribution in [0.4, 0.5) is 0 Å². The molecule has 0 N–H and O–H groups in total. The minimum atomic E-state index is -0.719. The summed E-state index contributed by atoms with van der Waals surface area (Å²) in [6.45, 7) is 3.94. The Hall–Kier alpha value is -2.88. The Morgan fingerprint density at radius 3 is 1.86 bits per heavy atom. The standard InChI is InChI=1S/C24H26O4/c1-4-20-19-13-11-17(12-14-19)6-5-16-7-9-18(10-8-16)15-21(23(25)27-2)22(20)24(26)28-3/h4,7-14,20-22H,1,5-6,15H2,2-3H3. The Labute approximate surface area is 166 Å². The van der Waals surface area contributed by atoms with Crippen LogP contribution in [0, 0.1) is 11.8 Å². The fourth-order valence-corrected chi connectivity index (χ4v) is 3.99. The third kappa shape index (κ3) is 4.16. The number of allylic oxidation sites excluding steroid dienone is 1. The molecule has 0 aromatic heterocycles. The molecule has 0 fully saturated rings. The van der Waals surface area contributed by atoms with Crippen LogP contribution in [0.3, 0.4) is 0 Å². The minimum absolute atomic E-state index is 0.354. The maximum Gasteiger partial charge on any atom is 0.310 e. The van der Waals surface area contributed by atoms with Gasteiger partial charge in [0.15, 0.2) is 0 Å². The Balaban J connectivity index is 2.15. The first kappa shape index (κ1) is 19.9. The summed E-state index contributed by atoms with van der Waals surface area (Å²) in [5, 5.41) is 0. The Morgan fingerprint density at radius 1 is 0.857 bits per heavy atom. The molecule has 0 spiro atoms. The van der Waals surface area contributed by atoms with Crippen LogP contribution in [0.15, 0.2) is 61.2 Å². The van der Waals surface area contributed by atoms with Crippen molar-refractivity contribution in [1.82, 2.24) is 0 Å². The molecule has 2 aromatic carbocycles. The van der Waals surface area contributed by atoms with Crippen molar-refractivity contribution in [2.24, 2.45) is 11.8 Å². The van der Waals surface area contributed by atoms with Crippen LogP contribution in [0.25, 0.3) is 0 Å². The number of carbonyl (C=O) groups is 2. The van der Waals surface area contributed by atoms with Crippen molar-refractivity contribution in [2.45, 2.75) is 25.2 Å². The number of methoxy groups -OCH3 is 2. The highest BCUT2D eigenvalue weighted by atomic mass is 16.5. The first-order valence-electron chi connectivity index (χ1n) is 9.52. The molecular formula is C24H26O4. The molecule has 0 heterocycles. The van der Waals surface area contributed by atoms with E-state index in [9.17, 15) is 9.59 Å². The van der Waals surface area contributed by atoms with Gasteiger partial charge in [-0.1, -0.05) is 54.6 Å². The van der Waals surface area contributed by atoms with Gasteiger partial charge in [-0.3, -0.25) is 9.59 Å². The minimum Gasteiger partial charge on any atom is -0.469 e. The van der Waals surface area contributed by atoms with Crippen molar-refractivity contribution in [3.05, 3.63) is 83.4 Å². The van der Waals surface area contributed by atoms with Crippen LogP contribution in [-0.4, -0.2) is 26.2 Å². The second-order valence-electron chi connectivity index (χ2n) is 7.20. The molecule has 4 aliphatic carbocycles. The molecule has 0 saturated carbocycles. The first-order valence-corrected chi connectivity index (χ1v) is 9.52. The van der Waals surface area contributed by atoms with Gasteiger partial charge in [-0.25, -0.2) is 0 Å². The molecule has 0 amide bonds. The first-order chi connectivity index (χ1) is 13.6. The van der Waals surface area contributed by atoms with Gasteiger partial charge in [0.05, 0.1) is 26.1 Å². The van der Waals surface area contributed by atoms with Crippen LogP contribution >= 0.6 is 0 Å². The van der Waals surface area contributed by atoms with Crippen LogP contribution < -0.4 is 0 Å². The molecule has 28 heavy (non-hydrogen) atoms. The van der Waals surface area contributed by atoms with Gasteiger partial charge >= 0.3 is 11.9 Å². The predicted octanol–water partition coefficient (Wildman–Crippen LogP) is 3.88. The smallest absolute Gasteiger partial charge is 0.310 e. The van der Waals surface area contributed by atoms with Gasteiger partial charge in [-0.05, 0) is 41.5 Å². The Kier molecular flexibility index (Phi) is 6.30. The monoisotopic (exact) mass is 378 g/mol. The molecule has 4 aliphatic rings. The molecule has 6 rings (SSSR count). The van der Waals surface area contributed by atoms with Gasteiger partial charge in [-0.2, -0.15) is 0 Å². The molecule has 4 heteroatoms. The fourth-order valence-electron chi connectivity index (χ4n) is 3.99. The van der Waals surface area contributed by atoms with E-state index in [-0.39, 0.29) is 5.92 Å². The average molecular weight is 378 g/mol. The molecule has 4 nitrogen and oxygen atoms in total. The van der Waals surface area contributed by atoms with E-state index in [0.717, 1.165) is 24.0 Å². The molecule has 0 radical (unpaired) electrons. The SMILES string of the molecule is C=CC1c2ccc(cc2)CCc2ccc(cc2)CC(C(=O)OC)C1C(=O)OC. The Bertz CT molecular complexity index is 836. The highest BCUT2D eigenvalue weighted by Crippen LogP contribution is 2.35. The van der Waals surface area contributed by atoms with E-state index in [0.29, 0.717) is 6.42 Å². The van der Waals surface area contributed by atoms with Crippen molar-refractivity contribution in [2.75, 3.05) is 14.2 Å². The lowest BCUT2D eigenvalue weighted by atomic mass is 9.75. The van der Waals surface area contributed by atoms with Crippen LogP contribution in [0.2, 0.25) is 0 Å². The largest absolute Gasteiger partial charge is 0.469 e. The highest BCUT2D eigenvalue weighted by molar-refractivity contribution is 5.83. The number of hydrogen-bond acceptors (Lipinski definition) is 4. The molecule has 146 valence electrons. The van der Waals surface area contributed by atoms with Crippen LogP contribution in [-0.2, 0) is 38.3 Å². The predicted molar refractivity (Wildman–Crippen MR) is 108 cm³/mol. The zero-order valence-electron chi connectivity index (χ0n) is 16.4. The number of hydrogen-bond donors (Lipinski definition) is 0. The summed E-state index contributed by atoms with van der Waals surface area (Å²) in [6.07, 6.45) is 4.02. The lowest BCUT2D eigenvalue weighted by molar-refractivity contribution is -0.158. The zero-order valence-corrected chi connectivity index (χ0v) is 16.4. The van der Waals surface area contributed by atoms with E-state index < -0.39 is 23.8 Å². The van der Waals surface area contributed by atoms with Crippen LogP contribution in [0.1, 0.15) is 28.2 Å². The summed E-state index contributed by atoms with van der Waals surface area (Å²) in [5.41, 5.74) is 4.40. The zero-order chi connectivity index (χ0) is 20.1. The van der Waals surface area contributed by atoms with Gasteiger partial charge in [0.2, 0.25) is 0 Å². The normalized spacial score (nSPS) is 21.6. The second kappa shape index (κ2) is 8.87. The molecule has 0 aliphatic heterocycles. The molecule has 3 unspecified atom stereocenters. The maximum absolute atomic E-state index is 12.8. The molecular weight excluding hydrogens is 352 g/mol. The number of carbonyl (C=O) groups excluding carboxylic acids is 2. The van der Waals surface area contributed by atoms with Crippen molar-refractivity contribution in [3.63, 3.8) is 0 Å². The third-order valence-electron chi connectivity index (χ3n) is 5.60. The summed E-state index contributed by atoms with van der Waals surface area (Å²) in [7, 11) is 2.70. The summed E-state index contributed by atoms with van der Waals surface area (Å²) in [5.74, 6) is -2.60. The summed E-state index contributed by atoms with van der Waals surface area (Å²) in [4.78, 5) is 25.5. The summed E-state index contributed by atoms with van der Waals surface area (Å²) >= 11 is 0. The van der Waals surface area contributed by atoms with Crippen LogP contribution in [0.5, 0.6) is 0 Å². The maximum atomic E-state index is 12.8. The third-order valence-corrected chi connectivity index (χ3v) is 5.60. The lowest BCUT2D eigenvalue weighted by Gasteiger charge is -2.29. The molecule has 3 atom stereocenters. The van der Waals surface area contributed by atoms with Gasteiger partial charge in [-0.15, -0.1) is 6.58 Å². The number of ether oxygens (including phenoxy) is 2. The van der Waals surface area contributed by atoms with E-state index in [1.54, 1.807) is 6.08 Å². The lowest BCUT2D eigenvalue weighted by Crippen LogP contribution is -2.37. The topological polar surface area (TPSA) is 52.6 Å². The summed E-state index contributed by atoms with van der Waals surface area (Å²) < 4.78 is 10.2. The van der Waals surface area contributed by atoms with E-state index in [1.165, 1.54) is 25.3 Å². The van der Waals surface area contributed by atoms with Crippen molar-refractivity contribution < 1.29 is 19.1 Å². The quantitative estimate of drug-likeness (QED) is 0.601. The number of rotatable bonds is 3. The van der Waals surface area contributed by atoms with Gasteiger partial charge < -0.3 is 9.47 Å². The van der Waals surface area contributed by atoms with E-state index in [4.69, 9.17) is 9.47 Å². The number of esters is 2. The number of benzene rings is 2. The second-order valence-corrected chi connectivity index (χ2v) is 7.20. The average Bonchev–Trinajstić information content (AvgIpc) is 2.74. The Morgan fingerprint density at radius 2 is 1.36 bits per heavy atom. The van der Waals surface area contributed by atoms with Gasteiger partial charge in [0, 0.05) is 5.92 Å². The van der Waals surface area contributed by atoms with Gasteiger partial charge in [0.25, 0.3) is 0 Å². The van der Waals surface area contributed by atoms with Crippen molar-refractivity contribution in [1.29, 1.82) is 0 Å².